The minimum absolute atomic E-state index is 0.128. The van der Waals surface area contributed by atoms with Gasteiger partial charge in [0, 0.05) is 25.8 Å². The smallest absolute Gasteiger partial charge is 0.155 e. The van der Waals surface area contributed by atoms with Gasteiger partial charge in [-0.3, -0.25) is 0 Å². The summed E-state index contributed by atoms with van der Waals surface area (Å²) in [6.45, 7) is 1.41. The molecule has 1 aliphatic carbocycles. The minimum Gasteiger partial charge on any atom is -0.391 e. The molecule has 6 heteroatoms. The van der Waals surface area contributed by atoms with Crippen molar-refractivity contribution in [1.82, 2.24) is 5.32 Å². The summed E-state index contributed by atoms with van der Waals surface area (Å²) in [5.41, 5.74) is 0. The second-order valence-corrected chi connectivity index (χ2v) is 7.30. The van der Waals surface area contributed by atoms with Crippen molar-refractivity contribution >= 4 is 9.84 Å². The topological polar surface area (TPSA) is 75.6 Å². The molecule has 0 aromatic carbocycles. The molecule has 0 aromatic rings. The van der Waals surface area contributed by atoms with E-state index in [2.05, 4.69) is 5.32 Å². The van der Waals surface area contributed by atoms with Crippen LogP contribution in [0.25, 0.3) is 0 Å². The fraction of sp³-hybridized carbons (Fsp3) is 1.00. The molecule has 1 aliphatic heterocycles. The van der Waals surface area contributed by atoms with E-state index in [9.17, 15) is 13.5 Å². The normalized spacial score (nSPS) is 24.8. The molecule has 2 fully saturated rings. The van der Waals surface area contributed by atoms with Crippen LogP contribution in [0.2, 0.25) is 0 Å². The van der Waals surface area contributed by atoms with Gasteiger partial charge >= 0.3 is 0 Å². The summed E-state index contributed by atoms with van der Waals surface area (Å²) in [7, 11) is -3.18. The first-order chi connectivity index (χ1) is 8.08. The highest BCUT2D eigenvalue weighted by atomic mass is 32.2. The SMILES string of the molecule is O=S(=O)(CC(O)CNC1CC1)C1CCOCC1. The third-order valence-corrected chi connectivity index (χ3v) is 5.66. The van der Waals surface area contributed by atoms with Crippen LogP contribution in [0.5, 0.6) is 0 Å². The Morgan fingerprint density at radius 3 is 2.47 bits per heavy atom. The molecule has 0 aromatic heterocycles. The average molecular weight is 263 g/mol. The van der Waals surface area contributed by atoms with Crippen molar-refractivity contribution in [2.24, 2.45) is 0 Å². The molecule has 1 saturated carbocycles. The van der Waals surface area contributed by atoms with Gasteiger partial charge < -0.3 is 15.2 Å². The van der Waals surface area contributed by atoms with Gasteiger partial charge in [0.25, 0.3) is 0 Å². The van der Waals surface area contributed by atoms with E-state index in [1.807, 2.05) is 0 Å². The largest absolute Gasteiger partial charge is 0.391 e. The lowest BCUT2D eigenvalue weighted by atomic mass is 10.2. The molecule has 0 radical (unpaired) electrons. The molecule has 0 bridgehead atoms. The zero-order valence-electron chi connectivity index (χ0n) is 9.97. The van der Waals surface area contributed by atoms with Crippen molar-refractivity contribution < 1.29 is 18.3 Å². The standard InChI is InChI=1S/C11H21NO4S/c13-10(7-12-9-1-2-9)8-17(14,15)11-3-5-16-6-4-11/h9-13H,1-8H2. The van der Waals surface area contributed by atoms with E-state index >= 15 is 0 Å². The van der Waals surface area contributed by atoms with E-state index in [0.717, 1.165) is 12.8 Å². The van der Waals surface area contributed by atoms with Crippen molar-refractivity contribution in [3.63, 3.8) is 0 Å². The van der Waals surface area contributed by atoms with E-state index in [-0.39, 0.29) is 11.0 Å². The molecule has 17 heavy (non-hydrogen) atoms. The van der Waals surface area contributed by atoms with E-state index in [4.69, 9.17) is 4.74 Å². The van der Waals surface area contributed by atoms with Gasteiger partial charge in [-0.2, -0.15) is 0 Å². The van der Waals surface area contributed by atoms with Gasteiger partial charge in [0.15, 0.2) is 9.84 Å². The van der Waals surface area contributed by atoms with Crippen LogP contribution >= 0.6 is 0 Å². The Kier molecular flexibility index (Phi) is 4.41. The molecule has 2 rings (SSSR count). The molecule has 2 N–H and O–H groups in total. The maximum absolute atomic E-state index is 12.0. The van der Waals surface area contributed by atoms with Gasteiger partial charge in [-0.1, -0.05) is 0 Å². The Labute approximate surface area is 102 Å². The van der Waals surface area contributed by atoms with Crippen LogP contribution in [0.3, 0.4) is 0 Å². The Balaban J connectivity index is 1.77. The highest BCUT2D eigenvalue weighted by molar-refractivity contribution is 7.92. The Bertz CT molecular complexity index is 333. The zero-order chi connectivity index (χ0) is 12.3. The molecule has 2 aliphatic rings. The second kappa shape index (κ2) is 5.65. The highest BCUT2D eigenvalue weighted by Crippen LogP contribution is 2.19. The second-order valence-electron chi connectivity index (χ2n) is 4.98. The summed E-state index contributed by atoms with van der Waals surface area (Å²) >= 11 is 0. The molecule has 1 heterocycles. The summed E-state index contributed by atoms with van der Waals surface area (Å²) in [4.78, 5) is 0. The van der Waals surface area contributed by atoms with Crippen molar-refractivity contribution in [1.29, 1.82) is 0 Å². The third kappa shape index (κ3) is 4.21. The Morgan fingerprint density at radius 1 is 1.24 bits per heavy atom. The summed E-state index contributed by atoms with van der Waals surface area (Å²) in [5, 5.41) is 12.5. The maximum Gasteiger partial charge on any atom is 0.155 e. The lowest BCUT2D eigenvalue weighted by molar-refractivity contribution is 0.0979. The highest BCUT2D eigenvalue weighted by Gasteiger charge is 2.30. The molecule has 1 atom stereocenters. The summed E-state index contributed by atoms with van der Waals surface area (Å²) in [6.07, 6.45) is 2.61. The Morgan fingerprint density at radius 2 is 1.88 bits per heavy atom. The molecule has 1 saturated heterocycles. The van der Waals surface area contributed by atoms with Crippen LogP contribution in [0.15, 0.2) is 0 Å². The lowest BCUT2D eigenvalue weighted by Gasteiger charge is -2.23. The van der Waals surface area contributed by atoms with E-state index in [1.54, 1.807) is 0 Å². The third-order valence-electron chi connectivity index (χ3n) is 3.32. The van der Waals surface area contributed by atoms with Crippen LogP contribution in [0.1, 0.15) is 25.7 Å². The molecule has 0 amide bonds. The number of hydrogen-bond acceptors (Lipinski definition) is 5. The minimum atomic E-state index is -3.18. The monoisotopic (exact) mass is 263 g/mol. The molecule has 100 valence electrons. The average Bonchev–Trinajstić information content (AvgIpc) is 3.11. The van der Waals surface area contributed by atoms with Gasteiger partial charge in [0.05, 0.1) is 17.1 Å². The zero-order valence-corrected chi connectivity index (χ0v) is 10.8. The fourth-order valence-electron chi connectivity index (χ4n) is 2.09. The van der Waals surface area contributed by atoms with Crippen molar-refractivity contribution in [2.75, 3.05) is 25.5 Å². The first-order valence-corrected chi connectivity index (χ1v) is 8.00. The molecule has 0 spiro atoms. The number of hydrogen-bond donors (Lipinski definition) is 2. The first-order valence-electron chi connectivity index (χ1n) is 6.28. The number of ether oxygens (including phenoxy) is 1. The van der Waals surface area contributed by atoms with E-state index in [1.165, 1.54) is 0 Å². The van der Waals surface area contributed by atoms with Gasteiger partial charge in [0.2, 0.25) is 0 Å². The number of nitrogens with one attached hydrogen (secondary N) is 1. The van der Waals surface area contributed by atoms with Gasteiger partial charge in [-0.05, 0) is 25.7 Å². The van der Waals surface area contributed by atoms with Gasteiger partial charge in [-0.15, -0.1) is 0 Å². The molecular weight excluding hydrogens is 242 g/mol. The van der Waals surface area contributed by atoms with Crippen LogP contribution in [0.4, 0.5) is 0 Å². The molecule has 5 nitrogen and oxygen atoms in total. The summed E-state index contributed by atoms with van der Waals surface area (Å²) in [5.74, 6) is -0.128. The van der Waals surface area contributed by atoms with Crippen molar-refractivity contribution in [2.45, 2.75) is 43.1 Å². The fourth-order valence-corrected chi connectivity index (χ4v) is 3.93. The van der Waals surface area contributed by atoms with Crippen molar-refractivity contribution in [3.05, 3.63) is 0 Å². The van der Waals surface area contributed by atoms with E-state index < -0.39 is 15.9 Å². The number of aliphatic hydroxyl groups excluding tert-OH is 1. The number of rotatable bonds is 6. The van der Waals surface area contributed by atoms with Crippen LogP contribution in [-0.2, 0) is 14.6 Å². The first kappa shape index (κ1) is 13.3. The summed E-state index contributed by atoms with van der Waals surface area (Å²) in [6, 6.07) is 0.496. The maximum atomic E-state index is 12.0. The van der Waals surface area contributed by atoms with Gasteiger partial charge in [0.1, 0.15) is 0 Å². The van der Waals surface area contributed by atoms with Gasteiger partial charge in [-0.25, -0.2) is 8.42 Å². The number of aliphatic hydroxyl groups is 1. The van der Waals surface area contributed by atoms with Crippen molar-refractivity contribution in [3.8, 4) is 0 Å². The van der Waals surface area contributed by atoms with Crippen LogP contribution < -0.4 is 5.32 Å². The predicted molar refractivity (Wildman–Crippen MR) is 64.7 cm³/mol. The van der Waals surface area contributed by atoms with Crippen LogP contribution in [0, 0.1) is 0 Å². The molecule has 1 unspecified atom stereocenters. The molecular formula is C11H21NO4S. The van der Waals surface area contributed by atoms with E-state index in [0.29, 0.717) is 38.6 Å². The lowest BCUT2D eigenvalue weighted by Crippen LogP contribution is -2.38. The quantitative estimate of drug-likeness (QED) is 0.688. The van der Waals surface area contributed by atoms with Crippen LogP contribution in [-0.4, -0.2) is 56.4 Å². The Hall–Kier alpha value is -0.170. The number of sulfone groups is 1. The predicted octanol–water partition coefficient (Wildman–Crippen LogP) is -0.307. The summed E-state index contributed by atoms with van der Waals surface area (Å²) < 4.78 is 29.2.